The summed E-state index contributed by atoms with van der Waals surface area (Å²) in [6.07, 6.45) is -3.55. The van der Waals surface area contributed by atoms with Crippen LogP contribution in [-0.2, 0) is 9.59 Å². The molecule has 0 aromatic heterocycles. The maximum atomic E-state index is 14.3. The molecule has 30 heavy (non-hydrogen) atoms. The van der Waals surface area contributed by atoms with Gasteiger partial charge in [0.15, 0.2) is 0 Å². The monoisotopic (exact) mass is 443 g/mol. The lowest BCUT2D eigenvalue weighted by Gasteiger charge is -2.18. The summed E-state index contributed by atoms with van der Waals surface area (Å²) >= 11 is 5.79. The topological polar surface area (TPSA) is 46.2 Å². The van der Waals surface area contributed by atoms with E-state index in [-0.39, 0.29) is 5.56 Å². The van der Waals surface area contributed by atoms with Gasteiger partial charge in [0.1, 0.15) is 11.6 Å². The molecule has 0 saturated heterocycles. The van der Waals surface area contributed by atoms with Gasteiger partial charge in [-0.2, -0.15) is 13.2 Å². The molecule has 9 heteroatoms. The molecule has 0 saturated carbocycles. The predicted molar refractivity (Wildman–Crippen MR) is 103 cm³/mol. The maximum Gasteiger partial charge on any atom is 0.395 e. The first kappa shape index (κ1) is 23.3. The van der Waals surface area contributed by atoms with E-state index in [9.17, 15) is 31.5 Å². The second-order valence-corrected chi connectivity index (χ2v) is 6.74. The molecule has 2 amide bonds. The lowest BCUT2D eigenvalue weighted by molar-refractivity contribution is -0.162. The zero-order chi connectivity index (χ0) is 22.6. The Morgan fingerprint density at radius 1 is 1.07 bits per heavy atom. The van der Waals surface area contributed by atoms with E-state index in [1.54, 1.807) is 5.32 Å². The van der Waals surface area contributed by atoms with Gasteiger partial charge in [0, 0.05) is 22.2 Å². The van der Waals surface area contributed by atoms with Crippen LogP contribution in [0.5, 0.6) is 0 Å². The number of hydrogen-bond acceptors (Lipinski definition) is 2. The highest BCUT2D eigenvalue weighted by molar-refractivity contribution is 6.31. The van der Waals surface area contributed by atoms with Gasteiger partial charge < -0.3 is 0 Å². The Morgan fingerprint density at radius 3 is 2.20 bits per heavy atom. The third-order valence-electron chi connectivity index (χ3n) is 4.18. The van der Waals surface area contributed by atoms with Crippen LogP contribution in [0.2, 0.25) is 5.02 Å². The number of imide groups is 1. The Balaban J connectivity index is 2.41. The van der Waals surface area contributed by atoms with Crippen molar-refractivity contribution in [3.63, 3.8) is 0 Å². The normalized spacial score (nSPS) is 13.0. The molecule has 1 atom stereocenters. The average Bonchev–Trinajstić information content (AvgIpc) is 2.66. The highest BCUT2D eigenvalue weighted by Gasteiger charge is 2.40. The molecular formula is C21H15ClF5NO2. The van der Waals surface area contributed by atoms with Gasteiger partial charge >= 0.3 is 6.18 Å². The van der Waals surface area contributed by atoms with Crippen LogP contribution >= 0.6 is 11.6 Å². The number of rotatable bonds is 5. The summed E-state index contributed by atoms with van der Waals surface area (Å²) in [6, 6.07) is 8.36. The van der Waals surface area contributed by atoms with E-state index in [0.717, 1.165) is 19.1 Å². The van der Waals surface area contributed by atoms with Gasteiger partial charge in [-0.3, -0.25) is 14.9 Å². The minimum atomic E-state index is -4.73. The Hall–Kier alpha value is -3.00. The van der Waals surface area contributed by atoms with Gasteiger partial charge in [-0.15, -0.1) is 0 Å². The molecule has 0 aliphatic heterocycles. The molecule has 1 unspecified atom stereocenters. The highest BCUT2D eigenvalue weighted by atomic mass is 35.5. The van der Waals surface area contributed by atoms with Crippen LogP contribution in [0, 0.1) is 17.6 Å². The fraction of sp³-hybridized carbons (Fsp3) is 0.143. The van der Waals surface area contributed by atoms with E-state index in [2.05, 4.69) is 6.58 Å². The van der Waals surface area contributed by atoms with Gasteiger partial charge in [-0.25, -0.2) is 8.78 Å². The first-order valence-electron chi connectivity index (χ1n) is 8.44. The van der Waals surface area contributed by atoms with Gasteiger partial charge in [0.25, 0.3) is 11.8 Å². The van der Waals surface area contributed by atoms with Crippen molar-refractivity contribution in [2.24, 2.45) is 5.92 Å². The molecule has 0 aliphatic rings. The first-order chi connectivity index (χ1) is 13.9. The SMILES string of the molecule is C=C(C(=O)NC(=O)/C(=C/c1ccc(Cl)cc1)c1ccc(F)cc1F)C(C)C(F)(F)F. The summed E-state index contributed by atoms with van der Waals surface area (Å²) in [5, 5.41) is 2.16. The number of benzene rings is 2. The van der Waals surface area contributed by atoms with Crippen LogP contribution in [0.15, 0.2) is 54.6 Å². The van der Waals surface area contributed by atoms with Crippen molar-refractivity contribution < 1.29 is 31.5 Å². The minimum absolute atomic E-state index is 0.355. The van der Waals surface area contributed by atoms with Gasteiger partial charge in [0.05, 0.1) is 11.5 Å². The number of nitrogens with one attached hydrogen (secondary N) is 1. The van der Waals surface area contributed by atoms with Crippen LogP contribution in [0.25, 0.3) is 11.6 Å². The summed E-state index contributed by atoms with van der Waals surface area (Å²) in [5.41, 5.74) is -1.27. The van der Waals surface area contributed by atoms with Gasteiger partial charge in [-0.05, 0) is 42.8 Å². The second-order valence-electron chi connectivity index (χ2n) is 6.31. The Labute approximate surface area is 173 Å². The molecule has 0 radical (unpaired) electrons. The summed E-state index contributed by atoms with van der Waals surface area (Å²) in [6.45, 7) is 3.81. The van der Waals surface area contributed by atoms with Crippen molar-refractivity contribution in [3.05, 3.63) is 82.4 Å². The minimum Gasteiger partial charge on any atom is -0.288 e. The number of carbonyl (C=O) groups is 2. The fourth-order valence-electron chi connectivity index (χ4n) is 2.34. The lowest BCUT2D eigenvalue weighted by atomic mass is 9.99. The average molecular weight is 444 g/mol. The molecule has 0 bridgehead atoms. The summed E-state index contributed by atoms with van der Waals surface area (Å²) in [5.74, 6) is -6.74. The zero-order valence-electron chi connectivity index (χ0n) is 15.5. The van der Waals surface area contributed by atoms with Crippen molar-refractivity contribution in [2.45, 2.75) is 13.1 Å². The van der Waals surface area contributed by atoms with Crippen molar-refractivity contribution in [1.82, 2.24) is 5.32 Å². The van der Waals surface area contributed by atoms with Crippen LogP contribution < -0.4 is 5.32 Å². The van der Waals surface area contributed by atoms with E-state index >= 15 is 0 Å². The zero-order valence-corrected chi connectivity index (χ0v) is 16.2. The van der Waals surface area contributed by atoms with E-state index in [0.29, 0.717) is 16.7 Å². The standard InChI is InChI=1S/C21H15ClF5NO2/c1-11(12(2)21(25,26)27)19(29)28-20(30)17(9-13-3-5-14(22)6-4-13)16-8-7-15(23)10-18(16)24/h3-10,12H,1H2,2H3,(H,28,29,30)/b17-9+. The van der Waals surface area contributed by atoms with Crippen molar-refractivity contribution in [2.75, 3.05) is 0 Å². The van der Waals surface area contributed by atoms with E-state index < -0.39 is 46.7 Å². The molecule has 3 nitrogen and oxygen atoms in total. The van der Waals surface area contributed by atoms with Crippen LogP contribution in [0.3, 0.4) is 0 Å². The summed E-state index contributed by atoms with van der Waals surface area (Å²) in [7, 11) is 0. The maximum absolute atomic E-state index is 14.3. The molecule has 1 N–H and O–H groups in total. The Kier molecular flexibility index (Phi) is 7.15. The quantitative estimate of drug-likeness (QED) is 0.374. The largest absolute Gasteiger partial charge is 0.395 e. The molecule has 0 heterocycles. The molecule has 2 rings (SSSR count). The molecule has 158 valence electrons. The van der Waals surface area contributed by atoms with E-state index in [1.807, 2.05) is 0 Å². The molecule has 0 spiro atoms. The van der Waals surface area contributed by atoms with E-state index in [1.165, 1.54) is 30.3 Å². The third kappa shape index (κ3) is 5.76. The number of carbonyl (C=O) groups excluding carboxylic acids is 2. The third-order valence-corrected chi connectivity index (χ3v) is 4.43. The Bertz CT molecular complexity index is 1010. The van der Waals surface area contributed by atoms with Crippen molar-refractivity contribution in [1.29, 1.82) is 0 Å². The first-order valence-corrected chi connectivity index (χ1v) is 8.82. The number of amides is 2. The molecule has 2 aromatic rings. The fourth-order valence-corrected chi connectivity index (χ4v) is 2.47. The number of halogens is 6. The Morgan fingerprint density at radius 2 is 1.67 bits per heavy atom. The van der Waals surface area contributed by atoms with Gasteiger partial charge in [-0.1, -0.05) is 30.3 Å². The molecule has 0 aliphatic carbocycles. The van der Waals surface area contributed by atoms with Crippen molar-refractivity contribution >= 4 is 35.1 Å². The van der Waals surface area contributed by atoms with Crippen molar-refractivity contribution in [3.8, 4) is 0 Å². The highest BCUT2D eigenvalue weighted by Crippen LogP contribution is 2.31. The lowest BCUT2D eigenvalue weighted by Crippen LogP contribution is -2.36. The molecule has 0 fully saturated rings. The van der Waals surface area contributed by atoms with Crippen LogP contribution in [0.1, 0.15) is 18.1 Å². The molecule has 2 aromatic carbocycles. The summed E-state index contributed by atoms with van der Waals surface area (Å²) < 4.78 is 65.9. The van der Waals surface area contributed by atoms with Gasteiger partial charge in [0.2, 0.25) is 0 Å². The smallest absolute Gasteiger partial charge is 0.288 e. The predicted octanol–water partition coefficient (Wildman–Crippen LogP) is 5.56. The van der Waals surface area contributed by atoms with Crippen LogP contribution in [0.4, 0.5) is 22.0 Å². The van der Waals surface area contributed by atoms with Crippen LogP contribution in [-0.4, -0.2) is 18.0 Å². The molecular weight excluding hydrogens is 429 g/mol. The van der Waals surface area contributed by atoms with E-state index in [4.69, 9.17) is 11.6 Å². The number of alkyl halides is 3. The summed E-state index contributed by atoms with van der Waals surface area (Å²) in [4.78, 5) is 24.7. The number of hydrogen-bond donors (Lipinski definition) is 1. The second kappa shape index (κ2) is 9.21.